The molecule has 5 atom stereocenters. The summed E-state index contributed by atoms with van der Waals surface area (Å²) in [5.41, 5.74) is 0.147. The number of benzene rings is 2. The molecule has 3 amide bonds. The number of ether oxygens (including phenoxy) is 3. The quantitative estimate of drug-likeness (QED) is 0.518. The molecule has 10 heteroatoms. The van der Waals surface area contributed by atoms with E-state index >= 15 is 0 Å². The molecule has 4 aliphatic heterocycles. The summed E-state index contributed by atoms with van der Waals surface area (Å²) in [6.07, 6.45) is 8.17. The average Bonchev–Trinajstić information content (AvgIpc) is 3.71. The number of carbonyl (C=O) groups excluding carboxylic acids is 3. The van der Waals surface area contributed by atoms with Crippen molar-refractivity contribution in [2.45, 2.75) is 62.4 Å². The van der Waals surface area contributed by atoms with Crippen molar-refractivity contribution in [3.8, 4) is 11.5 Å². The highest BCUT2D eigenvalue weighted by atomic mass is 35.5. The third-order valence-corrected chi connectivity index (χ3v) is 9.03. The van der Waals surface area contributed by atoms with Crippen molar-refractivity contribution >= 4 is 35.0 Å². The number of rotatable bonds is 6. The van der Waals surface area contributed by atoms with E-state index in [1.54, 1.807) is 35.2 Å². The van der Waals surface area contributed by atoms with Gasteiger partial charge >= 0.3 is 0 Å². The van der Waals surface area contributed by atoms with Gasteiger partial charge in [-0.25, -0.2) is 0 Å². The summed E-state index contributed by atoms with van der Waals surface area (Å²) in [5.74, 6) is -1.21. The molecule has 2 bridgehead atoms. The number of hydrogen-bond donors (Lipinski definition) is 2. The Morgan fingerprint density at radius 3 is 2.58 bits per heavy atom. The molecule has 3 fully saturated rings. The van der Waals surface area contributed by atoms with E-state index in [1.165, 1.54) is 0 Å². The fourth-order valence-electron chi connectivity index (χ4n) is 6.96. The van der Waals surface area contributed by atoms with E-state index in [0.29, 0.717) is 22.2 Å². The Morgan fingerprint density at radius 1 is 1.00 bits per heavy atom. The van der Waals surface area contributed by atoms with Crippen LogP contribution in [0.5, 0.6) is 11.5 Å². The minimum Gasteiger partial charge on any atom is -0.454 e. The van der Waals surface area contributed by atoms with Gasteiger partial charge in [-0.1, -0.05) is 49.1 Å². The number of halogens is 1. The van der Waals surface area contributed by atoms with Crippen LogP contribution in [0, 0.1) is 11.8 Å². The van der Waals surface area contributed by atoms with E-state index in [2.05, 4.69) is 10.6 Å². The first-order chi connectivity index (χ1) is 19.4. The van der Waals surface area contributed by atoms with Crippen molar-refractivity contribution in [2.75, 3.05) is 12.1 Å². The molecule has 7 rings (SSSR count). The van der Waals surface area contributed by atoms with Crippen molar-refractivity contribution in [3.63, 3.8) is 0 Å². The zero-order valence-corrected chi connectivity index (χ0v) is 22.6. The van der Waals surface area contributed by atoms with Crippen molar-refractivity contribution < 1.29 is 28.6 Å². The van der Waals surface area contributed by atoms with Crippen LogP contribution in [0.4, 0.5) is 5.69 Å². The lowest BCUT2D eigenvalue weighted by Crippen LogP contribution is -2.56. The lowest BCUT2D eigenvalue weighted by Gasteiger charge is -2.34. The van der Waals surface area contributed by atoms with Gasteiger partial charge in [0.25, 0.3) is 0 Å². The third-order valence-electron chi connectivity index (χ3n) is 8.78. The monoisotopic (exact) mass is 563 g/mol. The molecule has 0 unspecified atom stereocenters. The molecule has 2 N–H and O–H groups in total. The second-order valence-electron chi connectivity index (χ2n) is 11.2. The minimum absolute atomic E-state index is 0.0609. The van der Waals surface area contributed by atoms with E-state index < -0.39 is 29.6 Å². The van der Waals surface area contributed by atoms with E-state index in [-0.39, 0.29) is 37.1 Å². The molecule has 0 aromatic heterocycles. The summed E-state index contributed by atoms with van der Waals surface area (Å²) in [4.78, 5) is 43.4. The van der Waals surface area contributed by atoms with Crippen LogP contribution >= 0.6 is 11.6 Å². The molecule has 2 aromatic carbocycles. The zero-order chi connectivity index (χ0) is 27.4. The normalized spacial score (nSPS) is 30.0. The van der Waals surface area contributed by atoms with Crippen LogP contribution in [0.25, 0.3) is 0 Å². The van der Waals surface area contributed by atoms with Crippen LogP contribution in [0.1, 0.15) is 37.7 Å². The highest BCUT2D eigenvalue weighted by Crippen LogP contribution is 2.55. The number of nitrogens with one attached hydrogen (secondary N) is 2. The molecule has 5 aliphatic rings. The fourth-order valence-corrected chi connectivity index (χ4v) is 7.09. The van der Waals surface area contributed by atoms with Crippen LogP contribution in [0.15, 0.2) is 54.6 Å². The highest BCUT2D eigenvalue weighted by Gasteiger charge is 2.72. The minimum atomic E-state index is -1.22. The fraction of sp³-hybridized carbons (Fsp3) is 0.433. The van der Waals surface area contributed by atoms with Gasteiger partial charge in [-0.05, 0) is 54.8 Å². The summed E-state index contributed by atoms with van der Waals surface area (Å²) in [5, 5.41) is 6.68. The third kappa shape index (κ3) is 4.14. The first-order valence-electron chi connectivity index (χ1n) is 13.9. The average molecular weight is 564 g/mol. The van der Waals surface area contributed by atoms with Crippen LogP contribution < -0.4 is 20.1 Å². The maximum atomic E-state index is 14.2. The van der Waals surface area contributed by atoms with Crippen molar-refractivity contribution in [1.82, 2.24) is 10.2 Å². The first-order valence-corrected chi connectivity index (χ1v) is 14.2. The molecule has 9 nitrogen and oxygen atoms in total. The van der Waals surface area contributed by atoms with Gasteiger partial charge in [0.1, 0.15) is 11.6 Å². The highest BCUT2D eigenvalue weighted by molar-refractivity contribution is 6.30. The molecular weight excluding hydrogens is 534 g/mol. The lowest BCUT2D eigenvalue weighted by molar-refractivity contribution is -0.142. The summed E-state index contributed by atoms with van der Waals surface area (Å²) < 4.78 is 17.4. The molecule has 40 heavy (non-hydrogen) atoms. The number of hydrogen-bond acceptors (Lipinski definition) is 6. The Hall–Kier alpha value is -3.56. The van der Waals surface area contributed by atoms with Gasteiger partial charge in [0.05, 0.1) is 17.9 Å². The van der Waals surface area contributed by atoms with Crippen LogP contribution in [-0.4, -0.2) is 53.2 Å². The van der Waals surface area contributed by atoms with Gasteiger partial charge < -0.3 is 29.7 Å². The summed E-state index contributed by atoms with van der Waals surface area (Å²) in [6, 6.07) is 11.4. The van der Waals surface area contributed by atoms with Crippen LogP contribution in [0.3, 0.4) is 0 Å². The first kappa shape index (κ1) is 25.4. The van der Waals surface area contributed by atoms with Crippen molar-refractivity contribution in [3.05, 3.63) is 65.2 Å². The number of carbonyl (C=O) groups is 3. The van der Waals surface area contributed by atoms with E-state index in [4.69, 9.17) is 25.8 Å². The van der Waals surface area contributed by atoms with E-state index in [9.17, 15) is 14.4 Å². The summed E-state index contributed by atoms with van der Waals surface area (Å²) >= 11 is 6.00. The Labute approximate surface area is 236 Å². The van der Waals surface area contributed by atoms with Gasteiger partial charge in [0.15, 0.2) is 11.5 Å². The molecule has 1 spiro atoms. The van der Waals surface area contributed by atoms with E-state index in [0.717, 1.165) is 37.7 Å². The standard InChI is InChI=1S/C30H30ClN3O6/c31-18-7-9-20(10-8-18)32-27(35)24-22-12-13-30(40-22)25(24)29(37)34(15-17-6-11-21-23(14-17)39-16-38-21)26(30)28(36)33-19-4-2-1-3-5-19/h6-14,19,22,24-26H,1-5,15-16H2,(H,32,35)(H,33,36)/t22-,24+,25-,26-,30-/m0/s1. The predicted molar refractivity (Wildman–Crippen MR) is 146 cm³/mol. The topological polar surface area (TPSA) is 106 Å². The number of fused-ring (bicyclic) bond motifs is 2. The van der Waals surface area contributed by atoms with Gasteiger partial charge in [0.2, 0.25) is 24.5 Å². The van der Waals surface area contributed by atoms with Gasteiger partial charge in [-0.3, -0.25) is 14.4 Å². The number of nitrogens with zero attached hydrogens (tertiary/aromatic N) is 1. The largest absolute Gasteiger partial charge is 0.454 e. The predicted octanol–water partition coefficient (Wildman–Crippen LogP) is 3.81. The van der Waals surface area contributed by atoms with Crippen LogP contribution in [-0.2, 0) is 25.7 Å². The van der Waals surface area contributed by atoms with Crippen LogP contribution in [0.2, 0.25) is 5.02 Å². The lowest BCUT2D eigenvalue weighted by atomic mass is 9.74. The molecule has 1 saturated carbocycles. The number of likely N-dealkylation sites (tertiary alicyclic amines) is 1. The second kappa shape index (κ2) is 9.82. The Morgan fingerprint density at radius 2 is 1.77 bits per heavy atom. The zero-order valence-electron chi connectivity index (χ0n) is 21.8. The molecule has 1 aliphatic carbocycles. The van der Waals surface area contributed by atoms with Crippen molar-refractivity contribution in [2.24, 2.45) is 11.8 Å². The molecular formula is C30H30ClN3O6. The van der Waals surface area contributed by atoms with Gasteiger partial charge in [0, 0.05) is 23.3 Å². The smallest absolute Gasteiger partial charge is 0.246 e. The number of amides is 3. The number of anilines is 1. The summed E-state index contributed by atoms with van der Waals surface area (Å²) in [6.45, 7) is 0.313. The maximum Gasteiger partial charge on any atom is 0.246 e. The molecule has 4 heterocycles. The molecule has 2 aromatic rings. The maximum absolute atomic E-state index is 14.2. The Kier molecular flexibility index (Phi) is 6.24. The van der Waals surface area contributed by atoms with Crippen molar-refractivity contribution in [1.29, 1.82) is 0 Å². The van der Waals surface area contributed by atoms with E-state index in [1.807, 2.05) is 24.3 Å². The Balaban J connectivity index is 1.21. The second-order valence-corrected chi connectivity index (χ2v) is 11.6. The van der Waals surface area contributed by atoms with Gasteiger partial charge in [-0.2, -0.15) is 0 Å². The Bertz CT molecular complexity index is 1390. The molecule has 2 saturated heterocycles. The summed E-state index contributed by atoms with van der Waals surface area (Å²) in [7, 11) is 0. The molecule has 208 valence electrons. The SMILES string of the molecule is O=C(Nc1ccc(Cl)cc1)[C@@H]1[C@@H]2C=C[C@]3(O2)[C@@H]1C(=O)N(Cc1ccc2c(c1)OCO2)[C@H]3C(=O)NC1CCCCC1. The molecule has 0 radical (unpaired) electrons. The van der Waals surface area contributed by atoms with Gasteiger partial charge in [-0.15, -0.1) is 0 Å².